The van der Waals surface area contributed by atoms with Crippen LogP contribution in [0.3, 0.4) is 0 Å². The molecule has 0 aliphatic heterocycles. The highest BCUT2D eigenvalue weighted by atomic mass is 32.1. The number of esters is 2. The molecule has 2 aromatic heterocycles. The summed E-state index contributed by atoms with van der Waals surface area (Å²) < 4.78 is 10.4. The summed E-state index contributed by atoms with van der Waals surface area (Å²) in [5, 5.41) is 12.8. The first-order valence-electron chi connectivity index (χ1n) is 10.6. The first kappa shape index (κ1) is 23.5. The molecule has 1 aliphatic carbocycles. The van der Waals surface area contributed by atoms with Crippen molar-refractivity contribution in [3.63, 3.8) is 0 Å². The van der Waals surface area contributed by atoms with Crippen LogP contribution in [-0.4, -0.2) is 35.5 Å². The molecule has 0 radical (unpaired) electrons. The van der Waals surface area contributed by atoms with E-state index in [1.54, 1.807) is 27.7 Å². The highest BCUT2D eigenvalue weighted by Gasteiger charge is 2.25. The van der Waals surface area contributed by atoms with Gasteiger partial charge in [-0.25, -0.2) is 9.59 Å². The molecule has 2 heterocycles. The van der Waals surface area contributed by atoms with Crippen LogP contribution in [0.2, 0.25) is 0 Å². The second kappa shape index (κ2) is 10.0. The van der Waals surface area contributed by atoms with Gasteiger partial charge < -0.3 is 19.8 Å². The Bertz CT molecular complexity index is 1090. The molecular formula is C23H27N3O5S. The molecular weight excluding hydrogens is 430 g/mol. The molecule has 2 N–H and O–H groups in total. The van der Waals surface area contributed by atoms with Crippen molar-refractivity contribution in [3.05, 3.63) is 38.5 Å². The number of thiophene rings is 1. The van der Waals surface area contributed by atoms with Gasteiger partial charge in [0, 0.05) is 10.6 Å². The zero-order valence-electron chi connectivity index (χ0n) is 18.7. The number of rotatable bonds is 6. The molecule has 170 valence electrons. The van der Waals surface area contributed by atoms with Crippen molar-refractivity contribution in [2.24, 2.45) is 0 Å². The fourth-order valence-corrected chi connectivity index (χ4v) is 5.10. The average molecular weight is 458 g/mol. The number of ether oxygens (including phenoxy) is 2. The fourth-order valence-electron chi connectivity index (χ4n) is 3.85. The lowest BCUT2D eigenvalue weighted by Gasteiger charge is -2.08. The van der Waals surface area contributed by atoms with E-state index in [1.165, 1.54) is 11.3 Å². The average Bonchev–Trinajstić information content (AvgIpc) is 3.10. The third-order valence-electron chi connectivity index (χ3n) is 5.31. The van der Waals surface area contributed by atoms with Gasteiger partial charge >= 0.3 is 11.9 Å². The van der Waals surface area contributed by atoms with E-state index < -0.39 is 24.5 Å². The molecule has 0 saturated heterocycles. The largest absolute Gasteiger partial charge is 0.459 e. The molecule has 32 heavy (non-hydrogen) atoms. The number of nitrogens with zero attached hydrogens (tertiary/aromatic N) is 1. The summed E-state index contributed by atoms with van der Waals surface area (Å²) in [5.41, 5.74) is 2.83. The number of nitrogens with one attached hydrogen (secondary N) is 2. The number of anilines is 1. The number of carbonyl (C=O) groups is 3. The van der Waals surface area contributed by atoms with Crippen molar-refractivity contribution in [1.29, 1.82) is 5.26 Å². The Morgan fingerprint density at radius 2 is 1.88 bits per heavy atom. The molecule has 0 aromatic carbocycles. The number of hydrogen-bond donors (Lipinski definition) is 2. The summed E-state index contributed by atoms with van der Waals surface area (Å²) in [4.78, 5) is 41.2. The Balaban J connectivity index is 1.66. The van der Waals surface area contributed by atoms with Crippen molar-refractivity contribution < 1.29 is 23.9 Å². The summed E-state index contributed by atoms with van der Waals surface area (Å²) >= 11 is 1.42. The molecule has 0 bridgehead atoms. The number of nitriles is 1. The minimum atomic E-state index is -0.744. The van der Waals surface area contributed by atoms with Gasteiger partial charge in [0.25, 0.3) is 5.91 Å². The van der Waals surface area contributed by atoms with Crippen LogP contribution in [0.4, 0.5) is 5.00 Å². The Kier molecular flexibility index (Phi) is 7.36. The maximum absolute atomic E-state index is 12.5. The maximum Gasteiger partial charge on any atom is 0.355 e. The molecule has 0 saturated carbocycles. The van der Waals surface area contributed by atoms with Crippen LogP contribution in [-0.2, 0) is 27.1 Å². The lowest BCUT2D eigenvalue weighted by Crippen LogP contribution is -2.21. The van der Waals surface area contributed by atoms with Crippen molar-refractivity contribution >= 4 is 34.2 Å². The number of aromatic nitrogens is 1. The van der Waals surface area contributed by atoms with E-state index in [2.05, 4.69) is 16.4 Å². The van der Waals surface area contributed by atoms with Gasteiger partial charge in [-0.3, -0.25) is 4.79 Å². The van der Waals surface area contributed by atoms with E-state index in [0.717, 1.165) is 42.5 Å². The normalized spacial score (nSPS) is 13.1. The summed E-state index contributed by atoms with van der Waals surface area (Å²) in [6, 6.07) is 2.21. The Hall–Kier alpha value is -3.12. The highest BCUT2D eigenvalue weighted by Crippen LogP contribution is 2.36. The van der Waals surface area contributed by atoms with Crippen LogP contribution in [0.25, 0.3) is 0 Å². The van der Waals surface area contributed by atoms with Crippen LogP contribution >= 0.6 is 11.3 Å². The number of aromatic amines is 1. The molecule has 0 fully saturated rings. The second-order valence-electron chi connectivity index (χ2n) is 8.08. The SMILES string of the molecule is Cc1[nH]c(C(=O)OCC(=O)Nc2sc3c(c2C#N)CCCCC3)c(C)c1C(=O)OC(C)C. The first-order valence-corrected chi connectivity index (χ1v) is 11.5. The van der Waals surface area contributed by atoms with Crippen LogP contribution in [0.15, 0.2) is 0 Å². The molecule has 0 unspecified atom stereocenters. The van der Waals surface area contributed by atoms with Gasteiger partial charge in [-0.2, -0.15) is 5.26 Å². The lowest BCUT2D eigenvalue weighted by molar-refractivity contribution is -0.119. The topological polar surface area (TPSA) is 121 Å². The van der Waals surface area contributed by atoms with Gasteiger partial charge in [0.2, 0.25) is 0 Å². The number of carbonyl (C=O) groups excluding carboxylic acids is 3. The minimum Gasteiger partial charge on any atom is -0.459 e. The van der Waals surface area contributed by atoms with Gasteiger partial charge in [0.1, 0.15) is 16.8 Å². The highest BCUT2D eigenvalue weighted by molar-refractivity contribution is 7.16. The van der Waals surface area contributed by atoms with Gasteiger partial charge in [0.05, 0.1) is 17.2 Å². The van der Waals surface area contributed by atoms with Crippen LogP contribution < -0.4 is 5.32 Å². The van der Waals surface area contributed by atoms with Crippen molar-refractivity contribution in [2.45, 2.75) is 65.9 Å². The molecule has 1 amide bonds. The monoisotopic (exact) mass is 457 g/mol. The number of hydrogen-bond acceptors (Lipinski definition) is 7. The fraction of sp³-hybridized carbons (Fsp3) is 0.478. The van der Waals surface area contributed by atoms with E-state index in [1.807, 2.05) is 0 Å². The number of amides is 1. The van der Waals surface area contributed by atoms with Gasteiger partial charge in [0.15, 0.2) is 6.61 Å². The molecule has 2 aromatic rings. The van der Waals surface area contributed by atoms with E-state index >= 15 is 0 Å². The van der Waals surface area contributed by atoms with Crippen LogP contribution in [0.1, 0.15) is 81.2 Å². The standard InChI is InChI=1S/C23H27N3O5S/c1-12(2)31-22(28)19-13(3)20(25-14(19)4)23(29)30-11-18(27)26-21-16(10-24)15-8-6-5-7-9-17(15)32-21/h12,25H,5-9,11H2,1-4H3,(H,26,27). The zero-order valence-corrected chi connectivity index (χ0v) is 19.5. The number of aryl methyl sites for hydroxylation is 2. The molecule has 8 nitrogen and oxygen atoms in total. The van der Waals surface area contributed by atoms with Crippen molar-refractivity contribution in [1.82, 2.24) is 4.98 Å². The predicted molar refractivity (Wildman–Crippen MR) is 120 cm³/mol. The molecule has 1 aliphatic rings. The van der Waals surface area contributed by atoms with Crippen molar-refractivity contribution in [3.8, 4) is 6.07 Å². The Morgan fingerprint density at radius 1 is 1.16 bits per heavy atom. The molecule has 0 atom stereocenters. The summed E-state index contributed by atoms with van der Waals surface area (Å²) in [7, 11) is 0. The maximum atomic E-state index is 12.5. The smallest absolute Gasteiger partial charge is 0.355 e. The third-order valence-corrected chi connectivity index (χ3v) is 6.52. The molecule has 9 heteroatoms. The van der Waals surface area contributed by atoms with E-state index in [9.17, 15) is 19.6 Å². The zero-order chi connectivity index (χ0) is 23.4. The summed E-state index contributed by atoms with van der Waals surface area (Å²) in [5.74, 6) is -1.79. The molecule has 0 spiro atoms. The van der Waals surface area contributed by atoms with E-state index in [-0.39, 0.29) is 17.4 Å². The Labute approximate surface area is 190 Å². The Morgan fingerprint density at radius 3 is 2.56 bits per heavy atom. The van der Waals surface area contributed by atoms with E-state index in [0.29, 0.717) is 21.8 Å². The van der Waals surface area contributed by atoms with Crippen molar-refractivity contribution in [2.75, 3.05) is 11.9 Å². The first-order chi connectivity index (χ1) is 15.2. The van der Waals surface area contributed by atoms with Crippen LogP contribution in [0.5, 0.6) is 0 Å². The quantitative estimate of drug-likeness (QED) is 0.495. The summed E-state index contributed by atoms with van der Waals surface area (Å²) in [6.45, 7) is 6.26. The number of fused-ring (bicyclic) bond motifs is 1. The molecule has 3 rings (SSSR count). The van der Waals surface area contributed by atoms with Gasteiger partial charge in [-0.1, -0.05) is 6.42 Å². The summed E-state index contributed by atoms with van der Waals surface area (Å²) in [6.07, 6.45) is 4.70. The third kappa shape index (κ3) is 5.02. The minimum absolute atomic E-state index is 0.103. The second-order valence-corrected chi connectivity index (χ2v) is 9.19. The van der Waals surface area contributed by atoms with E-state index in [4.69, 9.17) is 9.47 Å². The van der Waals surface area contributed by atoms with Gasteiger partial charge in [-0.05, 0) is 64.5 Å². The lowest BCUT2D eigenvalue weighted by atomic mass is 10.1. The number of H-pyrrole nitrogens is 1. The predicted octanol–water partition coefficient (Wildman–Crippen LogP) is 4.19. The van der Waals surface area contributed by atoms with Gasteiger partial charge in [-0.15, -0.1) is 11.3 Å². The van der Waals surface area contributed by atoms with Crippen LogP contribution in [0, 0.1) is 25.2 Å².